The number of amides is 2. The summed E-state index contributed by atoms with van der Waals surface area (Å²) in [5.74, 6) is -0.436. The number of carbonyl (C=O) groups is 3. The number of rotatable bonds is 7. The van der Waals surface area contributed by atoms with E-state index in [-0.39, 0.29) is 11.8 Å². The van der Waals surface area contributed by atoms with Crippen molar-refractivity contribution >= 4 is 17.8 Å². The fourth-order valence-corrected chi connectivity index (χ4v) is 4.08. The molecule has 31 heavy (non-hydrogen) atoms. The van der Waals surface area contributed by atoms with E-state index >= 15 is 0 Å². The van der Waals surface area contributed by atoms with Gasteiger partial charge in [0.1, 0.15) is 5.69 Å². The summed E-state index contributed by atoms with van der Waals surface area (Å²) in [6.45, 7) is 5.71. The van der Waals surface area contributed by atoms with E-state index in [1.165, 1.54) is 12.7 Å². The quantitative estimate of drug-likeness (QED) is 0.692. The lowest BCUT2D eigenvalue weighted by atomic mass is 10.1. The minimum absolute atomic E-state index is 0.139. The average Bonchev–Trinajstić information content (AvgIpc) is 3.15. The summed E-state index contributed by atoms with van der Waals surface area (Å²) >= 11 is 0. The summed E-state index contributed by atoms with van der Waals surface area (Å²) in [5, 5.41) is 0. The summed E-state index contributed by atoms with van der Waals surface area (Å²) < 4.78 is 4.87. The van der Waals surface area contributed by atoms with E-state index in [0.29, 0.717) is 61.5 Å². The lowest BCUT2D eigenvalue weighted by Gasteiger charge is -2.34. The van der Waals surface area contributed by atoms with Crippen LogP contribution in [0.1, 0.15) is 57.4 Å². The Balaban J connectivity index is 1.54. The summed E-state index contributed by atoms with van der Waals surface area (Å²) in [6, 6.07) is 10.2. The van der Waals surface area contributed by atoms with Crippen LogP contribution in [0.4, 0.5) is 0 Å². The Hall–Kier alpha value is -3.09. The van der Waals surface area contributed by atoms with Crippen molar-refractivity contribution in [2.45, 2.75) is 39.5 Å². The van der Waals surface area contributed by atoms with E-state index in [1.807, 2.05) is 30.0 Å². The maximum absolute atomic E-state index is 13.1. The molecule has 7 nitrogen and oxygen atoms in total. The number of benzene rings is 1. The van der Waals surface area contributed by atoms with Gasteiger partial charge in [-0.15, -0.1) is 0 Å². The fourth-order valence-electron chi connectivity index (χ4n) is 4.08. The van der Waals surface area contributed by atoms with Crippen molar-refractivity contribution in [1.29, 1.82) is 0 Å². The van der Waals surface area contributed by atoms with E-state index < -0.39 is 5.97 Å². The minimum Gasteiger partial charge on any atom is -0.465 e. The van der Waals surface area contributed by atoms with Crippen LogP contribution in [-0.4, -0.2) is 65.9 Å². The molecule has 1 fully saturated rings. The fraction of sp³-hybridized carbons (Fsp3) is 0.458. The van der Waals surface area contributed by atoms with Gasteiger partial charge in [0.15, 0.2) is 0 Å². The third-order valence-corrected chi connectivity index (χ3v) is 5.90. The number of hydrogen-bond acceptors (Lipinski definition) is 4. The standard InChI is InChI=1S/C24H31N3O4/c1-4-19-21(24(30)31-3)17(2)22(25-19)23(29)27-15-13-26(14-16-27)20(28)12-8-11-18-9-6-5-7-10-18/h5-7,9-10,25H,4,8,11-16H2,1-3H3. The van der Waals surface area contributed by atoms with Crippen LogP contribution in [0.15, 0.2) is 30.3 Å². The number of ether oxygens (including phenoxy) is 1. The number of aromatic nitrogens is 1. The molecular formula is C24H31N3O4. The Morgan fingerprint density at radius 1 is 1.03 bits per heavy atom. The van der Waals surface area contributed by atoms with Gasteiger partial charge in [-0.3, -0.25) is 9.59 Å². The summed E-state index contributed by atoms with van der Waals surface area (Å²) in [7, 11) is 1.34. The lowest BCUT2D eigenvalue weighted by Crippen LogP contribution is -2.50. The van der Waals surface area contributed by atoms with Crippen LogP contribution in [0.25, 0.3) is 0 Å². The zero-order valence-corrected chi connectivity index (χ0v) is 18.6. The highest BCUT2D eigenvalue weighted by molar-refractivity contribution is 6.00. The molecule has 2 amide bonds. The SMILES string of the molecule is CCc1[nH]c(C(=O)N2CCN(C(=O)CCCc3ccccc3)CC2)c(C)c1C(=O)OC. The van der Waals surface area contributed by atoms with Crippen molar-refractivity contribution in [3.05, 3.63) is 58.4 Å². The monoisotopic (exact) mass is 425 g/mol. The first-order valence-electron chi connectivity index (χ1n) is 10.9. The van der Waals surface area contributed by atoms with Crippen LogP contribution in [0.5, 0.6) is 0 Å². The van der Waals surface area contributed by atoms with Gasteiger partial charge < -0.3 is 19.5 Å². The number of piperazine rings is 1. The van der Waals surface area contributed by atoms with Gasteiger partial charge in [-0.05, 0) is 37.3 Å². The molecule has 1 N–H and O–H groups in total. The van der Waals surface area contributed by atoms with Gasteiger partial charge in [-0.25, -0.2) is 4.79 Å². The first-order chi connectivity index (χ1) is 15.0. The van der Waals surface area contributed by atoms with E-state index in [9.17, 15) is 14.4 Å². The molecule has 0 unspecified atom stereocenters. The van der Waals surface area contributed by atoms with Gasteiger partial charge in [0.25, 0.3) is 5.91 Å². The molecule has 0 saturated carbocycles. The second-order valence-electron chi connectivity index (χ2n) is 7.84. The van der Waals surface area contributed by atoms with E-state index in [0.717, 1.165) is 12.8 Å². The van der Waals surface area contributed by atoms with Crippen LogP contribution >= 0.6 is 0 Å². The molecule has 0 aliphatic carbocycles. The minimum atomic E-state index is -0.435. The molecule has 1 aromatic carbocycles. The molecule has 1 aromatic heterocycles. The van der Waals surface area contributed by atoms with Gasteiger partial charge in [-0.1, -0.05) is 37.3 Å². The van der Waals surface area contributed by atoms with Crippen molar-refractivity contribution in [3.63, 3.8) is 0 Å². The number of nitrogens with one attached hydrogen (secondary N) is 1. The molecule has 0 spiro atoms. The van der Waals surface area contributed by atoms with Gasteiger partial charge in [-0.2, -0.15) is 0 Å². The lowest BCUT2D eigenvalue weighted by molar-refractivity contribution is -0.132. The zero-order chi connectivity index (χ0) is 22.4. The van der Waals surface area contributed by atoms with Crippen molar-refractivity contribution in [2.75, 3.05) is 33.3 Å². The van der Waals surface area contributed by atoms with Crippen molar-refractivity contribution < 1.29 is 19.1 Å². The predicted octanol–water partition coefficient (Wildman–Crippen LogP) is 2.98. The molecule has 2 heterocycles. The summed E-state index contributed by atoms with van der Waals surface area (Å²) in [4.78, 5) is 44.4. The summed E-state index contributed by atoms with van der Waals surface area (Å²) in [5.41, 5.74) is 3.44. The van der Waals surface area contributed by atoms with Gasteiger partial charge in [0, 0.05) is 38.3 Å². The van der Waals surface area contributed by atoms with Gasteiger partial charge >= 0.3 is 5.97 Å². The van der Waals surface area contributed by atoms with Crippen molar-refractivity contribution in [3.8, 4) is 0 Å². The highest BCUT2D eigenvalue weighted by Crippen LogP contribution is 2.22. The van der Waals surface area contributed by atoms with Crippen LogP contribution in [-0.2, 0) is 22.4 Å². The Bertz CT molecular complexity index is 928. The van der Waals surface area contributed by atoms with Gasteiger partial charge in [0.05, 0.1) is 12.7 Å². The van der Waals surface area contributed by atoms with Crippen molar-refractivity contribution in [2.24, 2.45) is 0 Å². The Kier molecular flexibility index (Phi) is 7.50. The molecule has 166 valence electrons. The van der Waals surface area contributed by atoms with Crippen LogP contribution in [0.3, 0.4) is 0 Å². The largest absolute Gasteiger partial charge is 0.465 e. The summed E-state index contributed by atoms with van der Waals surface area (Å²) in [6.07, 6.45) is 2.82. The Morgan fingerprint density at radius 3 is 2.29 bits per heavy atom. The number of nitrogens with zero attached hydrogens (tertiary/aromatic N) is 2. The molecule has 0 atom stereocenters. The van der Waals surface area contributed by atoms with Gasteiger partial charge in [0.2, 0.25) is 5.91 Å². The Labute approximate surface area is 183 Å². The van der Waals surface area contributed by atoms with E-state index in [1.54, 1.807) is 11.8 Å². The first kappa shape index (κ1) is 22.6. The van der Waals surface area contributed by atoms with Crippen molar-refractivity contribution in [1.82, 2.24) is 14.8 Å². The molecule has 2 aromatic rings. The Morgan fingerprint density at radius 2 is 1.68 bits per heavy atom. The second-order valence-corrected chi connectivity index (χ2v) is 7.84. The number of H-pyrrole nitrogens is 1. The van der Waals surface area contributed by atoms with Crippen LogP contribution in [0, 0.1) is 6.92 Å². The number of hydrogen-bond donors (Lipinski definition) is 1. The average molecular weight is 426 g/mol. The maximum Gasteiger partial charge on any atom is 0.339 e. The smallest absolute Gasteiger partial charge is 0.339 e. The molecule has 3 rings (SSSR count). The molecule has 1 saturated heterocycles. The number of aromatic amines is 1. The first-order valence-corrected chi connectivity index (χ1v) is 10.9. The maximum atomic E-state index is 13.1. The number of aryl methyl sites for hydroxylation is 2. The molecular weight excluding hydrogens is 394 g/mol. The van der Waals surface area contributed by atoms with E-state index in [4.69, 9.17) is 4.74 Å². The highest BCUT2D eigenvalue weighted by Gasteiger charge is 2.29. The highest BCUT2D eigenvalue weighted by atomic mass is 16.5. The number of esters is 1. The number of carbonyl (C=O) groups excluding carboxylic acids is 3. The normalized spacial score (nSPS) is 13.9. The second kappa shape index (κ2) is 10.3. The van der Waals surface area contributed by atoms with Crippen LogP contribution in [0.2, 0.25) is 0 Å². The van der Waals surface area contributed by atoms with E-state index in [2.05, 4.69) is 17.1 Å². The third kappa shape index (κ3) is 5.16. The predicted molar refractivity (Wildman–Crippen MR) is 118 cm³/mol. The molecule has 1 aliphatic heterocycles. The molecule has 0 radical (unpaired) electrons. The van der Waals surface area contributed by atoms with Crippen LogP contribution < -0.4 is 0 Å². The topological polar surface area (TPSA) is 82.7 Å². The molecule has 1 aliphatic rings. The molecule has 7 heteroatoms. The molecule has 0 bridgehead atoms. The zero-order valence-electron chi connectivity index (χ0n) is 18.6. The third-order valence-electron chi connectivity index (χ3n) is 5.90. The number of methoxy groups -OCH3 is 1.